The van der Waals surface area contributed by atoms with Crippen molar-refractivity contribution in [2.75, 3.05) is 13.2 Å². The van der Waals surface area contributed by atoms with Crippen molar-refractivity contribution in [3.8, 4) is 0 Å². The minimum absolute atomic E-state index is 0.0231. The highest BCUT2D eigenvalue weighted by Gasteiger charge is 2.50. The molecule has 0 spiro atoms. The maximum atomic E-state index is 11.5. The molecule has 0 radical (unpaired) electrons. The summed E-state index contributed by atoms with van der Waals surface area (Å²) in [5.41, 5.74) is 1.91. The Morgan fingerprint density at radius 3 is 1.59 bits per heavy atom. The lowest BCUT2D eigenvalue weighted by Crippen LogP contribution is -2.37. The molecule has 1 unspecified atom stereocenters. The summed E-state index contributed by atoms with van der Waals surface area (Å²) in [6.07, 6.45) is 3.53. The van der Waals surface area contributed by atoms with Crippen LogP contribution in [-0.2, 0) is 20.8 Å². The van der Waals surface area contributed by atoms with Gasteiger partial charge in [-0.05, 0) is 34.7 Å². The normalized spacial score (nSPS) is 15.7. The van der Waals surface area contributed by atoms with Crippen molar-refractivity contribution in [3.05, 3.63) is 28.8 Å². The number of rotatable bonds is 9. The standard InChI is InChI=1S/C27H50O4P/c1-12-14-15-27(13-2,18-28)19-31-32(29,30)23-21(25(6,7)8)16-20(24(3,4)5)17-22(23)26(9,10)11/h16-17,28-30H,12-15,18-19H2,1-11H3/q+1. The van der Waals surface area contributed by atoms with Gasteiger partial charge in [0.05, 0.1) is 6.61 Å². The van der Waals surface area contributed by atoms with Crippen molar-refractivity contribution in [1.29, 1.82) is 0 Å². The first kappa shape index (κ1) is 29.5. The summed E-state index contributed by atoms with van der Waals surface area (Å²) >= 11 is 0. The fraction of sp³-hybridized carbons (Fsp3) is 0.778. The summed E-state index contributed by atoms with van der Waals surface area (Å²) in [6, 6.07) is 4.26. The Hall–Kier alpha value is -0.510. The fourth-order valence-corrected chi connectivity index (χ4v) is 5.97. The molecule has 186 valence electrons. The van der Waals surface area contributed by atoms with E-state index in [1.54, 1.807) is 0 Å². The third-order valence-corrected chi connectivity index (χ3v) is 8.13. The van der Waals surface area contributed by atoms with E-state index in [0.29, 0.717) is 5.30 Å². The van der Waals surface area contributed by atoms with Crippen molar-refractivity contribution in [1.82, 2.24) is 0 Å². The molecule has 1 aromatic rings. The van der Waals surface area contributed by atoms with Crippen molar-refractivity contribution >= 4 is 13.2 Å². The van der Waals surface area contributed by atoms with E-state index in [4.69, 9.17) is 4.52 Å². The van der Waals surface area contributed by atoms with Crippen LogP contribution >= 0.6 is 7.94 Å². The number of benzene rings is 1. The Balaban J connectivity index is 3.69. The van der Waals surface area contributed by atoms with Gasteiger partial charge < -0.3 is 5.11 Å². The van der Waals surface area contributed by atoms with Gasteiger partial charge in [0, 0.05) is 16.5 Å². The highest BCUT2D eigenvalue weighted by molar-refractivity contribution is 7.67. The van der Waals surface area contributed by atoms with E-state index in [0.717, 1.165) is 36.8 Å². The van der Waals surface area contributed by atoms with Crippen LogP contribution in [0.4, 0.5) is 0 Å². The van der Waals surface area contributed by atoms with E-state index < -0.39 is 13.4 Å². The van der Waals surface area contributed by atoms with Crippen LogP contribution in [0.5, 0.6) is 0 Å². The highest BCUT2D eigenvalue weighted by Crippen LogP contribution is 2.56. The van der Waals surface area contributed by atoms with Crippen molar-refractivity contribution in [3.63, 3.8) is 0 Å². The second-order valence-electron chi connectivity index (χ2n) is 12.6. The predicted molar refractivity (Wildman–Crippen MR) is 139 cm³/mol. The fourth-order valence-electron chi connectivity index (χ4n) is 3.96. The molecule has 0 saturated heterocycles. The van der Waals surface area contributed by atoms with Crippen LogP contribution in [0.15, 0.2) is 12.1 Å². The monoisotopic (exact) mass is 469 g/mol. The Morgan fingerprint density at radius 1 is 0.812 bits per heavy atom. The SMILES string of the molecule is CCCCC(CC)(CO)CO[P+](O)(O)c1c(C(C)(C)C)cc(C(C)(C)C)cc1C(C)(C)C. The largest absolute Gasteiger partial charge is 0.444 e. The Morgan fingerprint density at radius 2 is 1.28 bits per heavy atom. The first-order valence-electron chi connectivity index (χ1n) is 12.1. The molecule has 0 saturated carbocycles. The summed E-state index contributed by atoms with van der Waals surface area (Å²) in [6.45, 7) is 23.5. The van der Waals surface area contributed by atoms with Gasteiger partial charge in [0.25, 0.3) is 0 Å². The molecular weight excluding hydrogens is 419 g/mol. The molecule has 5 heteroatoms. The summed E-state index contributed by atoms with van der Waals surface area (Å²) in [5, 5.41) is 10.7. The molecule has 0 aromatic heterocycles. The van der Waals surface area contributed by atoms with Gasteiger partial charge in [0.15, 0.2) is 5.30 Å². The average Bonchev–Trinajstić information content (AvgIpc) is 2.65. The zero-order chi connectivity index (χ0) is 25.2. The van der Waals surface area contributed by atoms with E-state index in [-0.39, 0.29) is 29.5 Å². The molecule has 3 N–H and O–H groups in total. The zero-order valence-corrected chi connectivity index (χ0v) is 23.5. The molecule has 1 aromatic carbocycles. The summed E-state index contributed by atoms with van der Waals surface area (Å²) in [4.78, 5) is 23.0. The first-order valence-corrected chi connectivity index (χ1v) is 13.8. The Kier molecular flexibility index (Phi) is 9.60. The molecule has 0 aliphatic heterocycles. The molecule has 0 fully saturated rings. The molecule has 0 aliphatic carbocycles. The number of aliphatic hydroxyl groups is 1. The van der Waals surface area contributed by atoms with Crippen LogP contribution in [0.2, 0.25) is 0 Å². The van der Waals surface area contributed by atoms with Crippen molar-refractivity contribution < 1.29 is 19.4 Å². The van der Waals surface area contributed by atoms with Gasteiger partial charge in [-0.1, -0.05) is 101 Å². The molecular formula is C27H50O4P+. The summed E-state index contributed by atoms with van der Waals surface area (Å²) in [7, 11) is -3.90. The van der Waals surface area contributed by atoms with E-state index in [1.165, 1.54) is 5.56 Å². The second-order valence-corrected chi connectivity index (χ2v) is 14.4. The zero-order valence-electron chi connectivity index (χ0n) is 22.6. The van der Waals surface area contributed by atoms with Crippen molar-refractivity contribution in [2.45, 2.75) is 118 Å². The molecule has 1 rings (SSSR count). The molecule has 0 bridgehead atoms. The number of aliphatic hydroxyl groups excluding tert-OH is 1. The lowest BCUT2D eigenvalue weighted by molar-refractivity contribution is 0.0446. The van der Waals surface area contributed by atoms with Crippen LogP contribution in [0, 0.1) is 5.41 Å². The van der Waals surface area contributed by atoms with Crippen LogP contribution in [-0.4, -0.2) is 28.1 Å². The summed E-state index contributed by atoms with van der Waals surface area (Å²) in [5.74, 6) is 0. The molecule has 1 atom stereocenters. The van der Waals surface area contributed by atoms with Crippen molar-refractivity contribution in [2.24, 2.45) is 5.41 Å². The topological polar surface area (TPSA) is 69.9 Å². The van der Waals surface area contributed by atoms with Gasteiger partial charge >= 0.3 is 7.94 Å². The average molecular weight is 470 g/mol. The third kappa shape index (κ3) is 7.24. The predicted octanol–water partition coefficient (Wildman–Crippen LogP) is 6.55. The van der Waals surface area contributed by atoms with Gasteiger partial charge in [-0.15, -0.1) is 0 Å². The van der Waals surface area contributed by atoms with E-state index in [9.17, 15) is 14.9 Å². The van der Waals surface area contributed by atoms with Gasteiger partial charge in [-0.2, -0.15) is 14.3 Å². The van der Waals surface area contributed by atoms with Gasteiger partial charge in [0.2, 0.25) is 0 Å². The minimum Gasteiger partial charge on any atom is -0.396 e. The van der Waals surface area contributed by atoms with Gasteiger partial charge in [-0.25, -0.2) is 0 Å². The molecule has 0 heterocycles. The number of unbranched alkanes of at least 4 members (excludes halogenated alkanes) is 1. The Labute approximate surface area is 198 Å². The molecule has 32 heavy (non-hydrogen) atoms. The third-order valence-electron chi connectivity index (χ3n) is 6.58. The minimum atomic E-state index is -3.90. The lowest BCUT2D eigenvalue weighted by Gasteiger charge is -2.34. The van der Waals surface area contributed by atoms with E-state index in [1.807, 2.05) is 6.92 Å². The molecule has 4 nitrogen and oxygen atoms in total. The van der Waals surface area contributed by atoms with Crippen LogP contribution < -0.4 is 5.30 Å². The number of hydrogen-bond acceptors (Lipinski definition) is 4. The maximum Gasteiger partial charge on any atom is 0.444 e. The summed E-state index contributed by atoms with van der Waals surface area (Å²) < 4.78 is 6.02. The Bertz CT molecular complexity index is 709. The van der Waals surface area contributed by atoms with Gasteiger partial charge in [0.1, 0.15) is 6.61 Å². The highest BCUT2D eigenvalue weighted by atomic mass is 31.2. The maximum absolute atomic E-state index is 11.5. The molecule has 0 aliphatic rings. The smallest absolute Gasteiger partial charge is 0.396 e. The quantitative estimate of drug-likeness (QED) is 0.359. The lowest BCUT2D eigenvalue weighted by atomic mass is 9.75. The van der Waals surface area contributed by atoms with E-state index in [2.05, 4.69) is 81.4 Å². The second kappa shape index (κ2) is 10.4. The van der Waals surface area contributed by atoms with E-state index >= 15 is 0 Å². The van der Waals surface area contributed by atoms with Crippen LogP contribution in [0.1, 0.15) is 119 Å². The van der Waals surface area contributed by atoms with Crippen LogP contribution in [0.25, 0.3) is 0 Å². The first-order chi connectivity index (χ1) is 14.3. The number of hydrogen-bond donors (Lipinski definition) is 3. The molecule has 0 amide bonds. The van der Waals surface area contributed by atoms with Crippen LogP contribution in [0.3, 0.4) is 0 Å². The van der Waals surface area contributed by atoms with Gasteiger partial charge in [-0.3, -0.25) is 0 Å².